The zero-order valence-corrected chi connectivity index (χ0v) is 16.9. The maximum atomic E-state index is 13.1. The van der Waals surface area contributed by atoms with Gasteiger partial charge in [-0.3, -0.25) is 14.4 Å². The first kappa shape index (κ1) is 20.3. The first-order chi connectivity index (χ1) is 15.1. The third-order valence-corrected chi connectivity index (χ3v) is 5.15. The van der Waals surface area contributed by atoms with Gasteiger partial charge >= 0.3 is 5.97 Å². The summed E-state index contributed by atoms with van der Waals surface area (Å²) in [7, 11) is 0. The van der Waals surface area contributed by atoms with E-state index in [1.165, 1.54) is 0 Å². The van der Waals surface area contributed by atoms with Gasteiger partial charge in [-0.05, 0) is 47.0 Å². The third-order valence-electron chi connectivity index (χ3n) is 5.15. The number of hydrogen-bond donors (Lipinski definition) is 0. The van der Waals surface area contributed by atoms with E-state index in [0.717, 1.165) is 28.7 Å². The molecule has 5 nitrogen and oxygen atoms in total. The molecule has 0 aliphatic carbocycles. The van der Waals surface area contributed by atoms with Gasteiger partial charge in [0, 0.05) is 12.0 Å². The molecule has 1 aliphatic rings. The van der Waals surface area contributed by atoms with E-state index >= 15 is 0 Å². The molecule has 0 bridgehead atoms. The average Bonchev–Trinajstić information content (AvgIpc) is 2.79. The highest BCUT2D eigenvalue weighted by molar-refractivity contribution is 5.98. The van der Waals surface area contributed by atoms with Crippen LogP contribution >= 0.6 is 0 Å². The average molecular weight is 411 g/mol. The smallest absolute Gasteiger partial charge is 0.311 e. The van der Waals surface area contributed by atoms with Crippen LogP contribution in [-0.4, -0.2) is 18.2 Å². The van der Waals surface area contributed by atoms with Gasteiger partial charge in [0.15, 0.2) is 0 Å². The van der Waals surface area contributed by atoms with Gasteiger partial charge in [0.1, 0.15) is 12.0 Å². The number of fused-ring (bicyclic) bond motifs is 2. The molecule has 3 aromatic rings. The number of rotatable bonds is 5. The molecule has 4 rings (SSSR count). The normalized spacial score (nSPS) is 13.2. The Kier molecular flexibility index (Phi) is 6.03. The molecule has 0 aromatic heterocycles. The summed E-state index contributed by atoms with van der Waals surface area (Å²) >= 11 is 0. The van der Waals surface area contributed by atoms with Crippen molar-refractivity contribution in [1.82, 2.24) is 0 Å². The van der Waals surface area contributed by atoms with Gasteiger partial charge < -0.3 is 9.64 Å². The maximum Gasteiger partial charge on any atom is 0.311 e. The van der Waals surface area contributed by atoms with E-state index in [4.69, 9.17) is 4.74 Å². The lowest BCUT2D eigenvalue weighted by molar-refractivity contribution is -0.136. The summed E-state index contributed by atoms with van der Waals surface area (Å²) in [5.74, 6) is -0.294. The standard InChI is InChI=1S/C26H21NO4/c28-18-19-9-13-23(14-10-19)31-26(30)16-15-25(29)27-17-22-7-2-1-5-20(22)11-12-21-6-3-4-8-24(21)27/h1-14,18H,15-17H2/b12-11-. The van der Waals surface area contributed by atoms with Crippen molar-refractivity contribution in [2.45, 2.75) is 19.4 Å². The Morgan fingerprint density at radius 2 is 1.52 bits per heavy atom. The molecule has 1 amide bonds. The van der Waals surface area contributed by atoms with Gasteiger partial charge in [0.05, 0.1) is 18.7 Å². The van der Waals surface area contributed by atoms with Crippen LogP contribution in [-0.2, 0) is 16.1 Å². The second kappa shape index (κ2) is 9.22. The summed E-state index contributed by atoms with van der Waals surface area (Å²) in [5, 5.41) is 0. The Morgan fingerprint density at radius 3 is 2.29 bits per heavy atom. The largest absolute Gasteiger partial charge is 0.427 e. The summed E-state index contributed by atoms with van der Waals surface area (Å²) < 4.78 is 5.29. The Labute approximate surface area is 180 Å². The number of nitrogens with zero attached hydrogens (tertiary/aromatic N) is 1. The number of esters is 1. The first-order valence-corrected chi connectivity index (χ1v) is 10.1. The van der Waals surface area contributed by atoms with E-state index in [2.05, 4.69) is 6.08 Å². The predicted octanol–water partition coefficient (Wildman–Crippen LogP) is 4.90. The number of benzene rings is 3. The number of ether oxygens (including phenoxy) is 1. The second-order valence-electron chi connectivity index (χ2n) is 7.23. The monoisotopic (exact) mass is 411 g/mol. The van der Waals surface area contributed by atoms with Gasteiger partial charge in [0.2, 0.25) is 5.91 Å². The molecule has 0 fully saturated rings. The van der Waals surface area contributed by atoms with E-state index in [1.54, 1.807) is 29.2 Å². The molecule has 0 saturated carbocycles. The van der Waals surface area contributed by atoms with Crippen LogP contribution < -0.4 is 9.64 Å². The van der Waals surface area contributed by atoms with Crippen molar-refractivity contribution in [3.8, 4) is 5.75 Å². The van der Waals surface area contributed by atoms with Crippen molar-refractivity contribution in [3.05, 3.63) is 95.1 Å². The fourth-order valence-electron chi connectivity index (χ4n) is 3.51. The van der Waals surface area contributed by atoms with E-state index in [1.807, 2.05) is 54.6 Å². The van der Waals surface area contributed by atoms with E-state index in [-0.39, 0.29) is 18.7 Å². The highest BCUT2D eigenvalue weighted by atomic mass is 16.5. The molecule has 31 heavy (non-hydrogen) atoms. The molecule has 0 spiro atoms. The zero-order chi connectivity index (χ0) is 21.6. The minimum atomic E-state index is -0.493. The maximum absolute atomic E-state index is 13.1. The molecule has 0 atom stereocenters. The molecule has 0 saturated heterocycles. The molecule has 0 N–H and O–H groups in total. The Balaban J connectivity index is 1.48. The zero-order valence-electron chi connectivity index (χ0n) is 16.9. The van der Waals surface area contributed by atoms with Crippen LogP contribution in [0.25, 0.3) is 12.2 Å². The fraction of sp³-hybridized carbons (Fsp3) is 0.115. The highest BCUT2D eigenvalue weighted by Crippen LogP contribution is 2.29. The summed E-state index contributed by atoms with van der Waals surface area (Å²) in [4.78, 5) is 37.8. The van der Waals surface area contributed by atoms with E-state index in [9.17, 15) is 14.4 Å². The van der Waals surface area contributed by atoms with Crippen LogP contribution in [0.2, 0.25) is 0 Å². The minimum absolute atomic E-state index is 0.0332. The summed E-state index contributed by atoms with van der Waals surface area (Å²) in [5.41, 5.74) is 4.37. The fourth-order valence-corrected chi connectivity index (χ4v) is 3.51. The molecule has 3 aromatic carbocycles. The quantitative estimate of drug-likeness (QED) is 0.340. The molecule has 1 aliphatic heterocycles. The number of hydrogen-bond acceptors (Lipinski definition) is 4. The molecule has 5 heteroatoms. The van der Waals surface area contributed by atoms with Crippen molar-refractivity contribution in [2.75, 3.05) is 4.90 Å². The highest BCUT2D eigenvalue weighted by Gasteiger charge is 2.22. The molecule has 1 heterocycles. The van der Waals surface area contributed by atoms with Crippen molar-refractivity contribution in [2.24, 2.45) is 0 Å². The lowest BCUT2D eigenvalue weighted by Gasteiger charge is -2.27. The number of aldehydes is 1. The Bertz CT molecular complexity index is 1150. The van der Waals surface area contributed by atoms with Crippen molar-refractivity contribution >= 4 is 36.0 Å². The Morgan fingerprint density at radius 1 is 0.839 bits per heavy atom. The van der Waals surface area contributed by atoms with Crippen LogP contribution in [0.4, 0.5) is 5.69 Å². The van der Waals surface area contributed by atoms with Gasteiger partial charge in [-0.25, -0.2) is 0 Å². The van der Waals surface area contributed by atoms with Gasteiger partial charge in [-0.2, -0.15) is 0 Å². The van der Waals surface area contributed by atoms with Crippen molar-refractivity contribution in [1.29, 1.82) is 0 Å². The number of para-hydroxylation sites is 1. The molecule has 0 unspecified atom stereocenters. The predicted molar refractivity (Wildman–Crippen MR) is 120 cm³/mol. The lowest BCUT2D eigenvalue weighted by atomic mass is 10.0. The number of anilines is 1. The SMILES string of the molecule is O=Cc1ccc(OC(=O)CCC(=O)N2Cc3ccccc3/C=C\c3ccccc32)cc1. The third kappa shape index (κ3) is 4.78. The lowest BCUT2D eigenvalue weighted by Crippen LogP contribution is -2.32. The van der Waals surface area contributed by atoms with Crippen LogP contribution in [0.15, 0.2) is 72.8 Å². The van der Waals surface area contributed by atoms with Crippen LogP contribution in [0.3, 0.4) is 0 Å². The van der Waals surface area contributed by atoms with E-state index < -0.39 is 5.97 Å². The molecule has 154 valence electrons. The number of carbonyl (C=O) groups excluding carboxylic acids is 3. The Hall–Kier alpha value is -3.99. The second-order valence-corrected chi connectivity index (χ2v) is 7.23. The molecular formula is C26H21NO4. The summed E-state index contributed by atoms with van der Waals surface area (Å²) in [6, 6.07) is 21.9. The van der Waals surface area contributed by atoms with Gasteiger partial charge in [-0.1, -0.05) is 54.6 Å². The van der Waals surface area contributed by atoms with Crippen molar-refractivity contribution < 1.29 is 19.1 Å². The van der Waals surface area contributed by atoms with Gasteiger partial charge in [0.25, 0.3) is 0 Å². The van der Waals surface area contributed by atoms with Crippen LogP contribution in [0.1, 0.15) is 39.9 Å². The number of amides is 1. The van der Waals surface area contributed by atoms with Gasteiger partial charge in [-0.15, -0.1) is 0 Å². The number of carbonyl (C=O) groups is 3. The van der Waals surface area contributed by atoms with Crippen LogP contribution in [0, 0.1) is 0 Å². The summed E-state index contributed by atoms with van der Waals surface area (Å²) in [6.07, 6.45) is 4.78. The first-order valence-electron chi connectivity index (χ1n) is 10.1. The molecular weight excluding hydrogens is 390 g/mol. The van der Waals surface area contributed by atoms with Crippen molar-refractivity contribution in [3.63, 3.8) is 0 Å². The minimum Gasteiger partial charge on any atom is -0.427 e. The van der Waals surface area contributed by atoms with Crippen LogP contribution in [0.5, 0.6) is 5.75 Å². The topological polar surface area (TPSA) is 63.7 Å². The molecule has 0 radical (unpaired) electrons. The van der Waals surface area contributed by atoms with E-state index in [0.29, 0.717) is 17.9 Å². The summed E-state index contributed by atoms with van der Waals surface area (Å²) in [6.45, 7) is 0.429.